The lowest BCUT2D eigenvalue weighted by atomic mass is 10.1. The van der Waals surface area contributed by atoms with E-state index in [4.69, 9.17) is 4.74 Å². The molecule has 1 fully saturated rings. The van der Waals surface area contributed by atoms with Crippen molar-refractivity contribution in [2.45, 2.75) is 63.6 Å². The smallest absolute Gasteiger partial charge is 0.306 e. The van der Waals surface area contributed by atoms with Gasteiger partial charge in [0, 0.05) is 24.9 Å². The Balaban J connectivity index is 1.82. The minimum atomic E-state index is -0.218. The molecular weight excluding hydrogens is 330 g/mol. The van der Waals surface area contributed by atoms with Crippen LogP contribution in [-0.2, 0) is 20.9 Å². The van der Waals surface area contributed by atoms with E-state index in [1.54, 1.807) is 12.1 Å². The van der Waals surface area contributed by atoms with Crippen molar-refractivity contribution in [1.82, 2.24) is 4.90 Å². The van der Waals surface area contributed by atoms with Gasteiger partial charge < -0.3 is 9.64 Å². The molecule has 0 radical (unpaired) electrons. The number of allylic oxidation sites excluding steroid dienone is 2. The molecule has 5 nitrogen and oxygen atoms in total. The molecule has 1 saturated carbocycles. The highest BCUT2D eigenvalue weighted by Gasteiger charge is 2.37. The van der Waals surface area contributed by atoms with E-state index in [2.05, 4.69) is 0 Å². The van der Waals surface area contributed by atoms with Gasteiger partial charge in [0.1, 0.15) is 12.4 Å². The standard InChI is InChI=1S/C21H25NO4/c23-15-17-12-10-16(11-13-17)14-22-18-6-5-7-19(18)26-21(25)9-4-2-1-3-8-20(22)24/h1-2,10-13,15,18-19H,3-9,14H2/b2-1+/t18-,19-/m0/s1. The van der Waals surface area contributed by atoms with Gasteiger partial charge in [0.2, 0.25) is 5.91 Å². The predicted octanol–water partition coefficient (Wildman–Crippen LogP) is 3.42. The van der Waals surface area contributed by atoms with Crippen LogP contribution in [0.5, 0.6) is 0 Å². The second-order valence-corrected chi connectivity index (χ2v) is 6.96. The molecule has 0 aromatic heterocycles. The van der Waals surface area contributed by atoms with Crippen LogP contribution in [0.15, 0.2) is 36.4 Å². The molecule has 1 aliphatic carbocycles. The zero-order chi connectivity index (χ0) is 18.4. The Bertz CT molecular complexity index is 680. The second-order valence-electron chi connectivity index (χ2n) is 6.96. The highest BCUT2D eigenvalue weighted by atomic mass is 16.5. The highest BCUT2D eigenvalue weighted by molar-refractivity contribution is 5.77. The number of ether oxygens (including phenoxy) is 1. The molecule has 1 aromatic carbocycles. The Morgan fingerprint density at radius 3 is 2.50 bits per heavy atom. The summed E-state index contributed by atoms with van der Waals surface area (Å²) in [7, 11) is 0. The van der Waals surface area contributed by atoms with Gasteiger partial charge in [-0.2, -0.15) is 0 Å². The first-order chi connectivity index (χ1) is 12.7. The van der Waals surface area contributed by atoms with E-state index in [1.807, 2.05) is 29.2 Å². The van der Waals surface area contributed by atoms with Crippen molar-refractivity contribution in [2.75, 3.05) is 0 Å². The number of carbonyl (C=O) groups is 3. The summed E-state index contributed by atoms with van der Waals surface area (Å²) in [5.74, 6) is -0.0995. The van der Waals surface area contributed by atoms with Crippen LogP contribution in [0.3, 0.4) is 0 Å². The van der Waals surface area contributed by atoms with Crippen LogP contribution in [0, 0.1) is 0 Å². The monoisotopic (exact) mass is 355 g/mol. The van der Waals surface area contributed by atoms with E-state index in [-0.39, 0.29) is 24.0 Å². The Labute approximate surface area is 154 Å². The number of esters is 1. The van der Waals surface area contributed by atoms with Crippen LogP contribution in [0.2, 0.25) is 0 Å². The maximum absolute atomic E-state index is 12.9. The fraction of sp³-hybridized carbons (Fsp3) is 0.476. The summed E-state index contributed by atoms with van der Waals surface area (Å²) in [6.45, 7) is 0.473. The first-order valence-corrected chi connectivity index (χ1v) is 9.35. The largest absolute Gasteiger partial charge is 0.460 e. The normalized spacial score (nSPS) is 25.6. The van der Waals surface area contributed by atoms with Crippen molar-refractivity contribution >= 4 is 18.2 Å². The summed E-state index contributed by atoms with van der Waals surface area (Å²) in [5.41, 5.74) is 1.59. The summed E-state index contributed by atoms with van der Waals surface area (Å²) >= 11 is 0. The van der Waals surface area contributed by atoms with Crippen LogP contribution in [0.25, 0.3) is 0 Å². The van der Waals surface area contributed by atoms with E-state index in [0.717, 1.165) is 31.1 Å². The number of benzene rings is 1. The topological polar surface area (TPSA) is 63.7 Å². The summed E-state index contributed by atoms with van der Waals surface area (Å²) in [5, 5.41) is 0. The molecule has 138 valence electrons. The Kier molecular flexibility index (Phi) is 6.21. The van der Waals surface area contributed by atoms with Crippen LogP contribution >= 0.6 is 0 Å². The molecule has 1 aromatic rings. The first-order valence-electron chi connectivity index (χ1n) is 9.35. The summed E-state index contributed by atoms with van der Waals surface area (Å²) in [6.07, 6.45) is 9.32. The summed E-state index contributed by atoms with van der Waals surface area (Å²) in [6, 6.07) is 7.21. The highest BCUT2D eigenvalue weighted by Crippen LogP contribution is 2.29. The molecule has 0 bridgehead atoms. The summed E-state index contributed by atoms with van der Waals surface area (Å²) in [4.78, 5) is 37.7. The number of fused-ring (bicyclic) bond motifs is 1. The molecule has 1 amide bonds. The van der Waals surface area contributed by atoms with Crippen molar-refractivity contribution < 1.29 is 19.1 Å². The summed E-state index contributed by atoms with van der Waals surface area (Å²) < 4.78 is 5.69. The average molecular weight is 355 g/mol. The fourth-order valence-corrected chi connectivity index (χ4v) is 3.70. The molecule has 1 heterocycles. The lowest BCUT2D eigenvalue weighted by Crippen LogP contribution is -2.45. The molecule has 5 heteroatoms. The van der Waals surface area contributed by atoms with E-state index in [9.17, 15) is 14.4 Å². The van der Waals surface area contributed by atoms with E-state index in [0.29, 0.717) is 37.8 Å². The van der Waals surface area contributed by atoms with Crippen LogP contribution in [-0.4, -0.2) is 35.2 Å². The molecule has 0 saturated heterocycles. The van der Waals surface area contributed by atoms with Gasteiger partial charge in [-0.1, -0.05) is 36.4 Å². The van der Waals surface area contributed by atoms with Crippen LogP contribution in [0.4, 0.5) is 0 Å². The number of hydrogen-bond donors (Lipinski definition) is 0. The van der Waals surface area contributed by atoms with Crippen LogP contribution in [0.1, 0.15) is 60.9 Å². The lowest BCUT2D eigenvalue weighted by Gasteiger charge is -2.33. The molecule has 2 aliphatic rings. The minimum absolute atomic E-state index is 0.0689. The Morgan fingerprint density at radius 1 is 1.04 bits per heavy atom. The van der Waals surface area contributed by atoms with E-state index >= 15 is 0 Å². The van der Waals surface area contributed by atoms with Gasteiger partial charge in [0.25, 0.3) is 0 Å². The van der Waals surface area contributed by atoms with Gasteiger partial charge in [-0.05, 0) is 37.7 Å². The van der Waals surface area contributed by atoms with Crippen molar-refractivity contribution in [3.05, 3.63) is 47.5 Å². The van der Waals surface area contributed by atoms with Crippen molar-refractivity contribution in [3.8, 4) is 0 Å². The van der Waals surface area contributed by atoms with Gasteiger partial charge in [-0.25, -0.2) is 0 Å². The molecule has 3 rings (SSSR count). The number of rotatable bonds is 3. The zero-order valence-electron chi connectivity index (χ0n) is 14.9. The lowest BCUT2D eigenvalue weighted by molar-refractivity contribution is -0.154. The van der Waals surface area contributed by atoms with Gasteiger partial charge in [0.15, 0.2) is 0 Å². The van der Waals surface area contributed by atoms with E-state index in [1.165, 1.54) is 0 Å². The number of aldehydes is 1. The maximum atomic E-state index is 12.9. The molecule has 0 spiro atoms. The Morgan fingerprint density at radius 2 is 1.77 bits per heavy atom. The SMILES string of the molecule is O=Cc1ccc(CN2C(=O)CC/C=C/CCC(=O)O[C@H]3CCC[C@@H]32)cc1. The maximum Gasteiger partial charge on any atom is 0.306 e. The molecule has 2 atom stereocenters. The first kappa shape index (κ1) is 18.4. The van der Waals surface area contributed by atoms with Gasteiger partial charge in [0.05, 0.1) is 6.04 Å². The minimum Gasteiger partial charge on any atom is -0.460 e. The number of amides is 1. The molecule has 0 N–H and O–H groups in total. The number of carbonyl (C=O) groups excluding carboxylic acids is 3. The van der Waals surface area contributed by atoms with E-state index < -0.39 is 0 Å². The third-order valence-corrected chi connectivity index (χ3v) is 5.10. The van der Waals surface area contributed by atoms with Gasteiger partial charge in [-0.15, -0.1) is 0 Å². The molecule has 0 unspecified atom stereocenters. The third-order valence-electron chi connectivity index (χ3n) is 5.10. The quantitative estimate of drug-likeness (QED) is 0.473. The van der Waals surface area contributed by atoms with Crippen molar-refractivity contribution in [3.63, 3.8) is 0 Å². The average Bonchev–Trinajstić information content (AvgIpc) is 3.09. The predicted molar refractivity (Wildman–Crippen MR) is 97.5 cm³/mol. The van der Waals surface area contributed by atoms with Crippen molar-refractivity contribution in [1.29, 1.82) is 0 Å². The fourth-order valence-electron chi connectivity index (χ4n) is 3.70. The molecular formula is C21H25NO4. The Hall–Kier alpha value is -2.43. The third kappa shape index (κ3) is 4.59. The molecule has 26 heavy (non-hydrogen) atoms. The number of hydrogen-bond acceptors (Lipinski definition) is 4. The van der Waals surface area contributed by atoms with Gasteiger partial charge >= 0.3 is 5.97 Å². The zero-order valence-corrected chi connectivity index (χ0v) is 14.9. The van der Waals surface area contributed by atoms with Crippen molar-refractivity contribution in [2.24, 2.45) is 0 Å². The second kappa shape index (κ2) is 8.79. The number of nitrogens with zero attached hydrogens (tertiary/aromatic N) is 1. The van der Waals surface area contributed by atoms with Gasteiger partial charge in [-0.3, -0.25) is 14.4 Å². The molecule has 1 aliphatic heterocycles. The van der Waals surface area contributed by atoms with Crippen LogP contribution < -0.4 is 0 Å².